The summed E-state index contributed by atoms with van der Waals surface area (Å²) < 4.78 is 165. The van der Waals surface area contributed by atoms with E-state index in [1.54, 1.807) is 0 Å². The molecule has 0 fully saturated rings. The normalized spacial score (nSPS) is 9.67. The van der Waals surface area contributed by atoms with E-state index in [1.165, 1.54) is 0 Å². The standard InChI is InChI=1S/6HI.6K.18O.6Re/h6*1H;;;;;;;;;;;;;;;;;;;;;;;;;;;;;;/q;;;;;;6*+1;;;;;;;;;;;;;6*-1;6*+1/p-6. The van der Waals surface area contributed by atoms with Crippen molar-refractivity contribution >= 4 is 117 Å². The Morgan fingerprint density at radius 1 is 0.250 bits per heavy atom. The zero-order valence-corrected chi connectivity index (χ0v) is 65.9. The molecule has 0 aromatic rings. The first-order chi connectivity index (χ1) is 12.0. The van der Waals surface area contributed by atoms with Gasteiger partial charge in [-0.15, -0.1) is 0 Å². The molecule has 0 aliphatic heterocycles. The SMILES string of the molecule is [K+].[K+].[K+].[K+].[K+].[K+].[O]=[Re](=[O])([O-])[I].[O]=[Re](=[O])([O-])[I].[O]=[Re](=[O])([O-])[I].[O]=[Re](=[O])([O-])[I].[O]=[Re](=[O])([O-])[I].[O]=[Re](=[O])([O-])[I]. The van der Waals surface area contributed by atoms with Crippen LogP contribution in [0.2, 0.25) is 0 Å². The molecule has 36 heteroatoms. The second kappa shape index (κ2) is 46.7. The fourth-order valence-corrected chi connectivity index (χ4v) is 0. The Kier molecular flexibility index (Phi) is 109. The molecule has 0 amide bonds. The molecule has 0 aromatic carbocycles. The van der Waals surface area contributed by atoms with Crippen LogP contribution in [0, 0.1) is 0 Å². The van der Waals surface area contributed by atoms with E-state index in [1.807, 2.05) is 0 Å². The van der Waals surface area contributed by atoms with Gasteiger partial charge in [-0.3, -0.25) is 0 Å². The Balaban J connectivity index is -0.0000000186. The first-order valence-corrected chi connectivity index (χ1v) is 69.8. The van der Waals surface area contributed by atoms with Crippen molar-refractivity contribution in [3.05, 3.63) is 0 Å². The molecule has 0 spiro atoms. The van der Waals surface area contributed by atoms with Gasteiger partial charge in [0, 0.05) is 0 Å². The van der Waals surface area contributed by atoms with E-state index in [4.69, 9.17) is 0 Å². The van der Waals surface area contributed by atoms with Crippen LogP contribution in [0.4, 0.5) is 0 Å². The summed E-state index contributed by atoms with van der Waals surface area (Å²) in [7, 11) is 0. The van der Waals surface area contributed by atoms with Gasteiger partial charge >= 0.3 is 563 Å². The molecular weight excluding hydrogens is 2400 g/mol. The van der Waals surface area contributed by atoms with Gasteiger partial charge in [-0.1, -0.05) is 0 Å². The van der Waals surface area contributed by atoms with E-state index in [0.717, 1.165) is 117 Å². The van der Waals surface area contributed by atoms with E-state index in [-0.39, 0.29) is 308 Å². The van der Waals surface area contributed by atoms with Gasteiger partial charge < -0.3 is 0 Å². The van der Waals surface area contributed by atoms with Gasteiger partial charge in [-0.05, 0) is 0 Å². The number of rotatable bonds is 0. The quantitative estimate of drug-likeness (QED) is 0.161. The summed E-state index contributed by atoms with van der Waals surface area (Å²) in [6.07, 6.45) is 0. The van der Waals surface area contributed by atoms with E-state index in [0.29, 0.717) is 0 Å². The monoisotopic (exact) mass is 2400 g/mol. The first kappa shape index (κ1) is 84.2. The minimum atomic E-state index is -4.89. The Bertz CT molecular complexity index is 796. The van der Waals surface area contributed by atoms with Crippen molar-refractivity contribution in [2.75, 3.05) is 0 Å². The van der Waals surface area contributed by atoms with Crippen LogP contribution < -0.4 is 331 Å². The van der Waals surface area contributed by atoms with Gasteiger partial charge in [0.1, 0.15) is 0 Å². The van der Waals surface area contributed by atoms with Crippen LogP contribution in [0.1, 0.15) is 0 Å². The minimum absolute atomic E-state index is 0. The number of hydrogen-bond donors (Lipinski definition) is 0. The molecule has 0 bridgehead atoms. The summed E-state index contributed by atoms with van der Waals surface area (Å²) in [5, 5.41) is 0. The molecule has 36 heavy (non-hydrogen) atoms. The summed E-state index contributed by atoms with van der Waals surface area (Å²) in [6.45, 7) is 0. The van der Waals surface area contributed by atoms with Crippen molar-refractivity contribution in [2.45, 2.75) is 0 Å². The van der Waals surface area contributed by atoms with Gasteiger partial charge in [0.25, 0.3) is 0 Å². The van der Waals surface area contributed by atoms with E-state index in [2.05, 4.69) is 0 Å². The van der Waals surface area contributed by atoms with Gasteiger partial charge in [-0.2, -0.15) is 0 Å². The maximum atomic E-state index is 9.18. The first-order valence-electron chi connectivity index (χ1n) is 3.63. The average molecular weight is 2400 g/mol. The average Bonchev–Trinajstić information content (AvgIpc) is 1.94. The van der Waals surface area contributed by atoms with Crippen molar-refractivity contribution in [1.82, 2.24) is 0 Å². The molecular formula is I6K6O18Re6. The molecule has 0 aromatic heterocycles. The molecule has 0 heterocycles. The molecule has 0 aliphatic rings. The molecule has 0 N–H and O–H groups in total. The fraction of sp³-hybridized carbons (Fsp3) is 0. The second-order valence-corrected chi connectivity index (χ2v) is 66.9. The Morgan fingerprint density at radius 3 is 0.250 bits per heavy atom. The van der Waals surface area contributed by atoms with Crippen molar-refractivity contribution in [1.29, 1.82) is 0 Å². The summed E-state index contributed by atoms with van der Waals surface area (Å²) in [5.41, 5.74) is 0. The zero-order chi connectivity index (χ0) is 27.0. The van der Waals surface area contributed by atoms with Crippen LogP contribution in [0.15, 0.2) is 0 Å². The van der Waals surface area contributed by atoms with E-state index < -0.39 is 73.3 Å². The van der Waals surface area contributed by atoms with E-state index >= 15 is 0 Å². The van der Waals surface area contributed by atoms with Crippen LogP contribution in [-0.4, -0.2) is 0 Å². The van der Waals surface area contributed by atoms with Gasteiger partial charge in [0.05, 0.1) is 0 Å². The molecule has 0 saturated carbocycles. The molecule has 0 rings (SSSR count). The molecule has 0 radical (unpaired) electrons. The Hall–Kier alpha value is 15.5. The molecule has 18 nitrogen and oxygen atoms in total. The third kappa shape index (κ3) is 484. The van der Waals surface area contributed by atoms with Crippen molar-refractivity contribution in [3.63, 3.8) is 0 Å². The van der Waals surface area contributed by atoms with Crippen molar-refractivity contribution in [3.8, 4) is 0 Å². The summed E-state index contributed by atoms with van der Waals surface area (Å²) in [4.78, 5) is 0. The van der Waals surface area contributed by atoms with Crippen molar-refractivity contribution in [2.24, 2.45) is 0 Å². The summed E-state index contributed by atoms with van der Waals surface area (Å²) in [5.74, 6) is 0. The molecule has 0 aliphatic carbocycles. The third-order valence-corrected chi connectivity index (χ3v) is 0. The van der Waals surface area contributed by atoms with E-state index in [9.17, 15) is 64.6 Å². The number of halogens is 6. The Morgan fingerprint density at radius 2 is 0.250 bits per heavy atom. The van der Waals surface area contributed by atoms with Crippen molar-refractivity contribution < 1.29 is 446 Å². The number of hydrogen-bond acceptors (Lipinski definition) is 18. The molecule has 0 atom stereocenters. The maximum absolute atomic E-state index is 9.18. The van der Waals surface area contributed by atoms with Gasteiger partial charge in [0.15, 0.2) is 0 Å². The molecule has 0 unspecified atom stereocenters. The van der Waals surface area contributed by atoms with Gasteiger partial charge in [0.2, 0.25) is 0 Å². The predicted molar refractivity (Wildman–Crippen MR) is 92.4 cm³/mol. The third-order valence-electron chi connectivity index (χ3n) is 0. The van der Waals surface area contributed by atoms with Crippen LogP contribution in [0.25, 0.3) is 0 Å². The Labute approximate surface area is 541 Å². The van der Waals surface area contributed by atoms with Crippen LogP contribution >= 0.6 is 117 Å². The second-order valence-electron chi connectivity index (χ2n) is 2.18. The predicted octanol–water partition coefficient (Wildman–Crippen LogP) is -21.2. The zero-order valence-electron chi connectivity index (χ0n) is 17.9. The van der Waals surface area contributed by atoms with Gasteiger partial charge in [-0.25, -0.2) is 0 Å². The summed E-state index contributed by atoms with van der Waals surface area (Å²) >= 11 is -23.9. The summed E-state index contributed by atoms with van der Waals surface area (Å²) in [6, 6.07) is 0. The van der Waals surface area contributed by atoms with Crippen LogP contribution in [0.3, 0.4) is 0 Å². The molecule has 198 valence electrons. The topological polar surface area (TPSA) is 343 Å². The molecule has 0 saturated heterocycles. The van der Waals surface area contributed by atoms with Crippen LogP contribution in [0.5, 0.6) is 0 Å². The van der Waals surface area contributed by atoms with Crippen LogP contribution in [-0.2, 0) is 115 Å². The fourth-order valence-electron chi connectivity index (χ4n) is 0.